The summed E-state index contributed by atoms with van der Waals surface area (Å²) in [5.74, 6) is 6.67. The number of carbonyl (C=O) groups is 3. The van der Waals surface area contributed by atoms with E-state index in [1.165, 1.54) is 0 Å². The Morgan fingerprint density at radius 3 is 1.86 bits per heavy atom. The molecule has 234 valence electrons. The van der Waals surface area contributed by atoms with Gasteiger partial charge in [-0.1, -0.05) is 39.8 Å². The van der Waals surface area contributed by atoms with Crippen LogP contribution < -0.4 is 10.6 Å². The molecule has 0 saturated heterocycles. The van der Waals surface area contributed by atoms with Crippen LogP contribution >= 0.6 is 0 Å². The summed E-state index contributed by atoms with van der Waals surface area (Å²) in [4.78, 5) is 37.6. The topological polar surface area (TPSA) is 103 Å². The van der Waals surface area contributed by atoms with Crippen molar-refractivity contribution >= 4 is 18.2 Å². The highest BCUT2D eigenvalue weighted by Gasteiger charge is 2.70. The van der Waals surface area contributed by atoms with E-state index in [-0.39, 0.29) is 34.2 Å². The van der Waals surface area contributed by atoms with Gasteiger partial charge in [0.25, 0.3) is 0 Å². The molecule has 0 aromatic heterocycles. The first-order valence-electron chi connectivity index (χ1n) is 16.1. The van der Waals surface area contributed by atoms with Gasteiger partial charge in [0.05, 0.1) is 19.8 Å². The van der Waals surface area contributed by atoms with Crippen molar-refractivity contribution in [1.82, 2.24) is 10.6 Å². The number of allylic oxidation sites excluding steroid dienone is 2. The largest absolute Gasteiger partial charge is 0.464 e. The zero-order valence-electron chi connectivity index (χ0n) is 26.4. The maximum Gasteiger partial charge on any atom is 0.407 e. The number of ether oxygens (including phenoxy) is 3. The van der Waals surface area contributed by atoms with Gasteiger partial charge in [0.2, 0.25) is 0 Å². The van der Waals surface area contributed by atoms with Gasteiger partial charge >= 0.3 is 18.2 Å². The van der Waals surface area contributed by atoms with Gasteiger partial charge in [-0.2, -0.15) is 0 Å². The molecule has 42 heavy (non-hydrogen) atoms. The zero-order valence-corrected chi connectivity index (χ0v) is 26.4. The summed E-state index contributed by atoms with van der Waals surface area (Å²) in [6.45, 7) is 12.4. The predicted molar refractivity (Wildman–Crippen MR) is 161 cm³/mol. The number of carbonyl (C=O) groups excluding carboxylic acids is 3. The third kappa shape index (κ3) is 6.60. The molecule has 8 nitrogen and oxygen atoms in total. The van der Waals surface area contributed by atoms with Crippen molar-refractivity contribution in [3.05, 3.63) is 12.2 Å². The molecule has 4 aliphatic carbocycles. The first-order valence-corrected chi connectivity index (χ1v) is 16.1. The van der Waals surface area contributed by atoms with Crippen LogP contribution in [0.3, 0.4) is 0 Å². The third-order valence-corrected chi connectivity index (χ3v) is 11.8. The number of fused-ring (bicyclic) bond motifs is 2. The lowest BCUT2D eigenvalue weighted by Crippen LogP contribution is -2.42. The van der Waals surface area contributed by atoms with Crippen LogP contribution in [0.4, 0.5) is 9.59 Å². The SMILES string of the molecule is CCOC(=O)[C@@H](CCCCNC(=O)OCC1[C@]2(C)CC/C=C\CC[C@]12C)NC(=O)OCC1[C@]2(C)CCC#CCC[C@]12C. The second-order valence-electron chi connectivity index (χ2n) is 13.7. The summed E-state index contributed by atoms with van der Waals surface area (Å²) in [5, 5.41) is 5.55. The number of nitrogens with one attached hydrogen (secondary N) is 2. The average molecular weight is 585 g/mol. The lowest BCUT2D eigenvalue weighted by molar-refractivity contribution is -0.145. The zero-order chi connectivity index (χ0) is 30.4. The van der Waals surface area contributed by atoms with Crippen LogP contribution in [0, 0.1) is 45.3 Å². The van der Waals surface area contributed by atoms with Crippen molar-refractivity contribution in [2.24, 2.45) is 33.5 Å². The average Bonchev–Trinajstić information content (AvgIpc) is 3.59. The monoisotopic (exact) mass is 584 g/mol. The molecule has 7 atom stereocenters. The third-order valence-electron chi connectivity index (χ3n) is 11.8. The van der Waals surface area contributed by atoms with E-state index in [2.05, 4.69) is 62.3 Å². The second-order valence-corrected chi connectivity index (χ2v) is 13.7. The van der Waals surface area contributed by atoms with E-state index in [0.717, 1.165) is 51.4 Å². The first kappa shape index (κ1) is 32.2. The summed E-state index contributed by atoms with van der Waals surface area (Å²) in [6, 6.07) is -0.792. The molecule has 0 bridgehead atoms. The van der Waals surface area contributed by atoms with E-state index in [1.807, 2.05) is 0 Å². The van der Waals surface area contributed by atoms with Crippen LogP contribution in [0.25, 0.3) is 0 Å². The normalized spacial score (nSPS) is 35.9. The molecule has 0 aromatic carbocycles. The highest BCUT2D eigenvalue weighted by atomic mass is 16.6. The fraction of sp³-hybridized carbons (Fsp3) is 0.794. The minimum atomic E-state index is -0.792. The number of alkyl carbamates (subject to hydrolysis) is 2. The van der Waals surface area contributed by atoms with E-state index in [0.29, 0.717) is 44.9 Å². The van der Waals surface area contributed by atoms with Gasteiger partial charge in [0, 0.05) is 31.2 Å². The quantitative estimate of drug-likeness (QED) is 0.0889. The second kappa shape index (κ2) is 13.3. The minimum absolute atomic E-state index is 0.125. The van der Waals surface area contributed by atoms with Gasteiger partial charge in [0.15, 0.2) is 0 Å². The van der Waals surface area contributed by atoms with Crippen LogP contribution in [0.2, 0.25) is 0 Å². The molecule has 2 saturated carbocycles. The van der Waals surface area contributed by atoms with Gasteiger partial charge in [-0.05, 0) is 86.4 Å². The molecule has 2 fully saturated rings. The Labute approximate surface area is 252 Å². The van der Waals surface area contributed by atoms with Crippen molar-refractivity contribution in [1.29, 1.82) is 0 Å². The van der Waals surface area contributed by atoms with E-state index < -0.39 is 24.2 Å². The molecule has 4 rings (SSSR count). The maximum absolute atomic E-state index is 12.7. The lowest BCUT2D eigenvalue weighted by atomic mass is 9.86. The minimum Gasteiger partial charge on any atom is -0.464 e. The van der Waals surface area contributed by atoms with Crippen LogP contribution in [-0.4, -0.2) is 50.6 Å². The summed E-state index contributed by atoms with van der Waals surface area (Å²) in [6.07, 6.45) is 13.4. The van der Waals surface area contributed by atoms with Crippen LogP contribution in [-0.2, 0) is 19.0 Å². The van der Waals surface area contributed by atoms with Crippen molar-refractivity contribution < 1.29 is 28.6 Å². The molecular weight excluding hydrogens is 532 g/mol. The predicted octanol–water partition coefficient (Wildman–Crippen LogP) is 6.53. The number of amides is 2. The highest BCUT2D eigenvalue weighted by Crippen LogP contribution is 2.74. The smallest absolute Gasteiger partial charge is 0.407 e. The van der Waals surface area contributed by atoms with Gasteiger partial charge in [-0.25, -0.2) is 14.4 Å². The Morgan fingerprint density at radius 1 is 0.786 bits per heavy atom. The number of hydrogen-bond acceptors (Lipinski definition) is 6. The van der Waals surface area contributed by atoms with E-state index >= 15 is 0 Å². The number of hydrogen-bond donors (Lipinski definition) is 2. The molecule has 0 aliphatic heterocycles. The van der Waals surface area contributed by atoms with E-state index in [4.69, 9.17) is 14.2 Å². The van der Waals surface area contributed by atoms with E-state index in [9.17, 15) is 14.4 Å². The van der Waals surface area contributed by atoms with Crippen molar-refractivity contribution in [2.45, 2.75) is 111 Å². The molecule has 0 aromatic rings. The molecule has 2 unspecified atom stereocenters. The number of esters is 1. The van der Waals surface area contributed by atoms with Crippen LogP contribution in [0.1, 0.15) is 105 Å². The lowest BCUT2D eigenvalue weighted by Gasteiger charge is -2.18. The highest BCUT2D eigenvalue weighted by molar-refractivity contribution is 5.81. The van der Waals surface area contributed by atoms with Crippen molar-refractivity contribution in [3.63, 3.8) is 0 Å². The number of unbranched alkanes of at least 4 members (excludes halogenated alkanes) is 1. The summed E-state index contributed by atoms with van der Waals surface area (Å²) >= 11 is 0. The van der Waals surface area contributed by atoms with Crippen molar-refractivity contribution in [3.8, 4) is 11.8 Å². The van der Waals surface area contributed by atoms with E-state index in [1.54, 1.807) is 6.92 Å². The van der Waals surface area contributed by atoms with Gasteiger partial charge in [-0.15, -0.1) is 11.8 Å². The fourth-order valence-corrected chi connectivity index (χ4v) is 8.26. The summed E-state index contributed by atoms with van der Waals surface area (Å²) in [5.41, 5.74) is 0.712. The Hall–Kier alpha value is -2.69. The molecule has 0 heterocycles. The maximum atomic E-state index is 12.7. The van der Waals surface area contributed by atoms with Gasteiger partial charge in [0.1, 0.15) is 6.04 Å². The molecule has 8 heteroatoms. The van der Waals surface area contributed by atoms with Crippen LogP contribution in [0.15, 0.2) is 12.2 Å². The van der Waals surface area contributed by atoms with Crippen LogP contribution in [0.5, 0.6) is 0 Å². The first-order chi connectivity index (χ1) is 20.0. The summed E-state index contributed by atoms with van der Waals surface area (Å²) in [7, 11) is 0. The Morgan fingerprint density at radius 2 is 1.31 bits per heavy atom. The number of rotatable bonds is 12. The molecule has 0 radical (unpaired) electrons. The molecule has 2 N–H and O–H groups in total. The standard InChI is InChI=1S/C34H52N2O6/c1-6-40-28(37)25(36-30(39)42-24-27-33(4)20-14-9-10-15-21-34(27,33)5)17-11-16-22-35-29(38)41-23-26-31(2)18-12-7-8-13-19-32(26,31)3/h7-8,25-27H,6,11-24H2,1-5H3,(H,35,38)(H,36,39)/b8-7-/t25-,26?,27?,31-,32+,33-,34+/m1/s1. The molecule has 4 aliphatic rings. The summed E-state index contributed by atoms with van der Waals surface area (Å²) < 4.78 is 16.4. The fourth-order valence-electron chi connectivity index (χ4n) is 8.26. The molecular formula is C34H52N2O6. The van der Waals surface area contributed by atoms with Gasteiger partial charge < -0.3 is 24.8 Å². The molecule has 0 spiro atoms. The Balaban J connectivity index is 1.14. The Bertz CT molecular complexity index is 1050. The molecule has 2 amide bonds. The van der Waals surface area contributed by atoms with Crippen molar-refractivity contribution in [2.75, 3.05) is 26.4 Å². The Kier molecular flexibility index (Phi) is 10.2. The van der Waals surface area contributed by atoms with Gasteiger partial charge in [-0.3, -0.25) is 0 Å².